The van der Waals surface area contributed by atoms with E-state index in [2.05, 4.69) is 5.73 Å². The highest BCUT2D eigenvalue weighted by Gasteiger charge is 2.28. The van der Waals surface area contributed by atoms with Gasteiger partial charge in [-0.15, -0.1) is 0 Å². The van der Waals surface area contributed by atoms with Gasteiger partial charge in [-0.05, 0) is 41.8 Å². The topological polar surface area (TPSA) is 92.6 Å². The summed E-state index contributed by atoms with van der Waals surface area (Å²) in [7, 11) is 4.71. The summed E-state index contributed by atoms with van der Waals surface area (Å²) in [5, 5.41) is 9.84. The first-order valence-electron chi connectivity index (χ1n) is 8.04. The number of hydrogen-bond acceptors (Lipinski definition) is 5. The van der Waals surface area contributed by atoms with Crippen LogP contribution in [0.1, 0.15) is 23.6 Å². The van der Waals surface area contributed by atoms with E-state index in [4.69, 9.17) is 14.2 Å². The Morgan fingerprint density at radius 2 is 1.80 bits per heavy atom. The van der Waals surface area contributed by atoms with Crippen molar-refractivity contribution in [3.8, 4) is 34.1 Å². The van der Waals surface area contributed by atoms with Crippen molar-refractivity contribution in [3.05, 3.63) is 45.6 Å². The molecule has 0 spiro atoms. The van der Waals surface area contributed by atoms with Crippen LogP contribution < -0.4 is 25.4 Å². The zero-order valence-corrected chi connectivity index (χ0v) is 14.6. The Bertz CT molecular complexity index is 879. The molecule has 0 amide bonds. The zero-order chi connectivity index (χ0) is 18.1. The van der Waals surface area contributed by atoms with Crippen LogP contribution >= 0.6 is 0 Å². The molecule has 0 radical (unpaired) electrons. The summed E-state index contributed by atoms with van der Waals surface area (Å²) in [6.45, 7) is 0. The Morgan fingerprint density at radius 3 is 2.44 bits per heavy atom. The molecule has 0 bridgehead atoms. The average Bonchev–Trinajstić information content (AvgIpc) is 2.84. The zero-order valence-electron chi connectivity index (χ0n) is 14.6. The highest BCUT2D eigenvalue weighted by Crippen LogP contribution is 2.49. The van der Waals surface area contributed by atoms with Crippen molar-refractivity contribution in [3.63, 3.8) is 0 Å². The first-order chi connectivity index (χ1) is 12.0. The van der Waals surface area contributed by atoms with Crippen LogP contribution in [0, 0.1) is 0 Å². The molecule has 3 rings (SSSR count). The molecule has 0 heterocycles. The van der Waals surface area contributed by atoms with E-state index >= 15 is 0 Å². The van der Waals surface area contributed by atoms with Gasteiger partial charge in [0.2, 0.25) is 11.2 Å². The van der Waals surface area contributed by atoms with Gasteiger partial charge < -0.3 is 25.1 Å². The largest absolute Gasteiger partial charge is 0.504 e. The molecule has 0 aliphatic heterocycles. The molecule has 1 aliphatic rings. The number of aryl methyl sites for hydroxylation is 1. The summed E-state index contributed by atoms with van der Waals surface area (Å²) in [5.74, 6) is 1.34. The smallest absolute Gasteiger partial charge is 0.220 e. The lowest BCUT2D eigenvalue weighted by molar-refractivity contribution is -0.427. The van der Waals surface area contributed by atoms with Crippen molar-refractivity contribution < 1.29 is 25.1 Å². The molecule has 1 atom stereocenters. The summed E-state index contributed by atoms with van der Waals surface area (Å²) in [6.07, 6.45) is 1.53. The molecule has 2 aromatic carbocycles. The normalized spacial score (nSPS) is 15.6. The summed E-state index contributed by atoms with van der Waals surface area (Å²) in [6, 6.07) is 6.47. The number of hydrogen-bond donors (Lipinski definition) is 2. The Balaban J connectivity index is 2.45. The van der Waals surface area contributed by atoms with Crippen molar-refractivity contribution in [1.29, 1.82) is 0 Å². The van der Waals surface area contributed by atoms with Gasteiger partial charge in [0.05, 0.1) is 21.3 Å². The Hall–Kier alpha value is -2.73. The summed E-state index contributed by atoms with van der Waals surface area (Å²) < 4.78 is 16.6. The number of fused-ring (bicyclic) bond motifs is 3. The molecular weight excluding hydrogens is 322 g/mol. The van der Waals surface area contributed by atoms with E-state index < -0.39 is 5.43 Å². The van der Waals surface area contributed by atoms with Gasteiger partial charge >= 0.3 is 0 Å². The number of ether oxygens (including phenoxy) is 3. The molecule has 0 saturated heterocycles. The van der Waals surface area contributed by atoms with E-state index in [1.807, 2.05) is 6.07 Å². The van der Waals surface area contributed by atoms with Crippen molar-refractivity contribution in [2.45, 2.75) is 18.9 Å². The fraction of sp³-hybridized carbons (Fsp3) is 0.316. The van der Waals surface area contributed by atoms with Crippen LogP contribution in [0.2, 0.25) is 0 Å². The fourth-order valence-electron chi connectivity index (χ4n) is 3.38. The number of methoxy groups -OCH3 is 3. The second-order valence-electron chi connectivity index (χ2n) is 6.01. The number of benzene rings is 1. The summed E-state index contributed by atoms with van der Waals surface area (Å²) >= 11 is 0. The van der Waals surface area contributed by atoms with Gasteiger partial charge in [-0.3, -0.25) is 4.79 Å². The van der Waals surface area contributed by atoms with E-state index in [-0.39, 0.29) is 11.8 Å². The van der Waals surface area contributed by atoms with Crippen molar-refractivity contribution in [2.75, 3.05) is 21.3 Å². The maximum Gasteiger partial charge on any atom is 0.220 e. The van der Waals surface area contributed by atoms with Gasteiger partial charge in [0.1, 0.15) is 6.04 Å². The molecule has 6 nitrogen and oxygen atoms in total. The van der Waals surface area contributed by atoms with Gasteiger partial charge in [0.25, 0.3) is 0 Å². The van der Waals surface area contributed by atoms with Gasteiger partial charge in [0, 0.05) is 17.5 Å². The van der Waals surface area contributed by atoms with Crippen LogP contribution in [0.25, 0.3) is 11.1 Å². The molecule has 0 fully saturated rings. The fourth-order valence-corrected chi connectivity index (χ4v) is 3.38. The third-order valence-corrected chi connectivity index (χ3v) is 4.64. The van der Waals surface area contributed by atoms with E-state index in [0.29, 0.717) is 17.2 Å². The van der Waals surface area contributed by atoms with Crippen LogP contribution in [0.5, 0.6) is 23.0 Å². The molecule has 132 valence electrons. The third kappa shape index (κ3) is 2.78. The minimum atomic E-state index is -0.419. The first-order valence-corrected chi connectivity index (χ1v) is 8.04. The lowest BCUT2D eigenvalue weighted by Gasteiger charge is -2.19. The SMILES string of the molecule is COc1cc2c(c(OC)c1OC)-c1ccc(O)c(=O)cc1[C@H]([NH3+])CC2. The number of aromatic hydroxyl groups is 1. The average molecular weight is 344 g/mol. The molecule has 2 aromatic rings. The van der Waals surface area contributed by atoms with Crippen molar-refractivity contribution in [2.24, 2.45) is 0 Å². The lowest BCUT2D eigenvalue weighted by atomic mass is 9.95. The first kappa shape index (κ1) is 17.1. The molecular formula is C19H22NO5+. The Kier molecular flexibility index (Phi) is 4.55. The van der Waals surface area contributed by atoms with Gasteiger partial charge in [-0.25, -0.2) is 0 Å². The summed E-state index contributed by atoms with van der Waals surface area (Å²) in [4.78, 5) is 12.1. The van der Waals surface area contributed by atoms with E-state index in [1.165, 1.54) is 12.1 Å². The lowest BCUT2D eigenvalue weighted by Crippen LogP contribution is -2.53. The molecule has 6 heteroatoms. The Labute approximate surface area is 145 Å². The highest BCUT2D eigenvalue weighted by atomic mass is 16.5. The van der Waals surface area contributed by atoms with Crippen LogP contribution in [0.4, 0.5) is 0 Å². The molecule has 0 unspecified atom stereocenters. The van der Waals surface area contributed by atoms with Crippen molar-refractivity contribution in [1.82, 2.24) is 0 Å². The van der Waals surface area contributed by atoms with Crippen LogP contribution in [0.3, 0.4) is 0 Å². The Morgan fingerprint density at radius 1 is 1.08 bits per heavy atom. The number of rotatable bonds is 3. The predicted molar refractivity (Wildman–Crippen MR) is 93.4 cm³/mol. The van der Waals surface area contributed by atoms with Gasteiger partial charge in [-0.1, -0.05) is 0 Å². The van der Waals surface area contributed by atoms with E-state index in [0.717, 1.165) is 35.1 Å². The van der Waals surface area contributed by atoms with E-state index in [1.54, 1.807) is 27.4 Å². The molecule has 4 N–H and O–H groups in total. The quantitative estimate of drug-likeness (QED) is 0.884. The molecule has 1 aliphatic carbocycles. The molecule has 25 heavy (non-hydrogen) atoms. The maximum atomic E-state index is 12.1. The third-order valence-electron chi connectivity index (χ3n) is 4.64. The van der Waals surface area contributed by atoms with E-state index in [9.17, 15) is 9.90 Å². The molecule has 0 saturated carbocycles. The van der Waals surface area contributed by atoms with Gasteiger partial charge in [0.15, 0.2) is 17.2 Å². The minimum absolute atomic E-state index is 0.0800. The monoisotopic (exact) mass is 344 g/mol. The van der Waals surface area contributed by atoms with Gasteiger partial charge in [-0.2, -0.15) is 0 Å². The predicted octanol–water partition coefficient (Wildman–Crippen LogP) is 1.67. The highest BCUT2D eigenvalue weighted by molar-refractivity contribution is 5.82. The summed E-state index contributed by atoms with van der Waals surface area (Å²) in [5.41, 5.74) is 7.24. The second kappa shape index (κ2) is 6.64. The number of quaternary nitrogens is 1. The standard InChI is InChI=1S/C19H21NO5/c1-23-16-8-10-4-6-13(20)12-9-15(22)14(21)7-5-11(12)17(10)19(25-3)18(16)24-2/h5,7-9,13H,4,6,20H2,1-3H3,(H,21,22)/p+1/t13-/m1/s1. The molecule has 0 aromatic heterocycles. The van der Waals surface area contributed by atoms with Crippen LogP contribution in [-0.4, -0.2) is 26.4 Å². The van der Waals surface area contributed by atoms with Crippen LogP contribution in [0.15, 0.2) is 29.1 Å². The van der Waals surface area contributed by atoms with Crippen molar-refractivity contribution >= 4 is 0 Å². The minimum Gasteiger partial charge on any atom is -0.504 e. The second-order valence-corrected chi connectivity index (χ2v) is 6.01. The maximum absolute atomic E-state index is 12.1. The van der Waals surface area contributed by atoms with Crippen LogP contribution in [-0.2, 0) is 6.42 Å².